The van der Waals surface area contributed by atoms with Crippen LogP contribution in [0.25, 0.3) is 0 Å². The maximum atomic E-state index is 12.9. The third kappa shape index (κ3) is 3.52. The Labute approximate surface area is 155 Å². The van der Waals surface area contributed by atoms with E-state index >= 15 is 0 Å². The number of carbonyl (C=O) groups excluding carboxylic acids is 1. The van der Waals surface area contributed by atoms with E-state index < -0.39 is 0 Å². The average molecular weight is 362 g/mol. The van der Waals surface area contributed by atoms with Gasteiger partial charge < -0.3 is 15.1 Å². The van der Waals surface area contributed by atoms with Crippen LogP contribution in [0.3, 0.4) is 0 Å². The van der Waals surface area contributed by atoms with Crippen LogP contribution in [-0.4, -0.2) is 43.5 Å². The smallest absolute Gasteiger partial charge is 0.227 e. The van der Waals surface area contributed by atoms with Gasteiger partial charge >= 0.3 is 0 Å². The fourth-order valence-electron chi connectivity index (χ4n) is 4.98. The van der Waals surface area contributed by atoms with Gasteiger partial charge in [-0.3, -0.25) is 4.79 Å². The molecule has 1 amide bonds. The predicted octanol–water partition coefficient (Wildman–Crippen LogP) is 3.86. The van der Waals surface area contributed by atoms with Crippen LogP contribution in [0.15, 0.2) is 18.2 Å². The standard InChI is InChI=1S/C20H28ClN3O/c1-2-23-7-9-24(10-8-23)19-6-5-16(21)13-18(19)22-20(25)17-12-14-3-4-15(17)11-14/h5-6,13-15,17H,2-4,7-12H2,1H3,(H,22,25). The minimum absolute atomic E-state index is 0.197. The van der Waals surface area contributed by atoms with E-state index in [1.807, 2.05) is 12.1 Å². The molecule has 2 saturated carbocycles. The van der Waals surface area contributed by atoms with Gasteiger partial charge in [0, 0.05) is 37.1 Å². The number of piperazine rings is 1. The van der Waals surface area contributed by atoms with Gasteiger partial charge in [0.15, 0.2) is 0 Å². The molecule has 1 aromatic carbocycles. The van der Waals surface area contributed by atoms with E-state index in [0.717, 1.165) is 56.4 Å². The lowest BCUT2D eigenvalue weighted by Crippen LogP contribution is -2.46. The Morgan fingerprint density at radius 1 is 1.20 bits per heavy atom. The largest absolute Gasteiger partial charge is 0.367 e. The number of nitrogens with one attached hydrogen (secondary N) is 1. The number of likely N-dealkylation sites (N-methyl/N-ethyl adjacent to an activating group) is 1. The van der Waals surface area contributed by atoms with Crippen molar-refractivity contribution in [3.8, 4) is 0 Å². The number of carbonyl (C=O) groups is 1. The number of fused-ring (bicyclic) bond motifs is 2. The molecule has 1 aliphatic heterocycles. The van der Waals surface area contributed by atoms with Crippen LogP contribution in [0.2, 0.25) is 5.02 Å². The van der Waals surface area contributed by atoms with E-state index in [0.29, 0.717) is 10.9 Å². The molecule has 0 aromatic heterocycles. The van der Waals surface area contributed by atoms with Crippen LogP contribution in [0.4, 0.5) is 11.4 Å². The zero-order valence-electron chi connectivity index (χ0n) is 15.0. The molecule has 2 bridgehead atoms. The molecule has 136 valence electrons. The van der Waals surface area contributed by atoms with Crippen molar-refractivity contribution in [3.05, 3.63) is 23.2 Å². The van der Waals surface area contributed by atoms with Gasteiger partial charge in [-0.2, -0.15) is 0 Å². The molecule has 3 aliphatic rings. The quantitative estimate of drug-likeness (QED) is 0.884. The highest BCUT2D eigenvalue weighted by atomic mass is 35.5. The van der Waals surface area contributed by atoms with E-state index in [1.54, 1.807) is 0 Å². The van der Waals surface area contributed by atoms with Crippen molar-refractivity contribution in [1.82, 2.24) is 4.90 Å². The summed E-state index contributed by atoms with van der Waals surface area (Å²) in [6.45, 7) is 7.43. The van der Waals surface area contributed by atoms with Crippen molar-refractivity contribution in [2.24, 2.45) is 17.8 Å². The maximum Gasteiger partial charge on any atom is 0.227 e. The molecule has 5 heteroatoms. The van der Waals surface area contributed by atoms with Crippen LogP contribution in [0.1, 0.15) is 32.6 Å². The van der Waals surface area contributed by atoms with E-state index in [4.69, 9.17) is 11.6 Å². The molecule has 4 rings (SSSR count). The van der Waals surface area contributed by atoms with Gasteiger partial charge in [0.1, 0.15) is 0 Å². The molecule has 3 unspecified atom stereocenters. The van der Waals surface area contributed by atoms with Gasteiger partial charge in [0.2, 0.25) is 5.91 Å². The highest BCUT2D eigenvalue weighted by Gasteiger charge is 2.43. The Balaban J connectivity index is 1.49. The van der Waals surface area contributed by atoms with Crippen molar-refractivity contribution in [1.29, 1.82) is 0 Å². The van der Waals surface area contributed by atoms with Gasteiger partial charge in [-0.25, -0.2) is 0 Å². The first-order chi connectivity index (χ1) is 12.1. The highest BCUT2D eigenvalue weighted by Crippen LogP contribution is 2.48. The first-order valence-corrected chi connectivity index (χ1v) is 10.1. The molecule has 1 aromatic rings. The van der Waals surface area contributed by atoms with Crippen LogP contribution >= 0.6 is 11.6 Å². The van der Waals surface area contributed by atoms with Gasteiger partial charge in [-0.15, -0.1) is 0 Å². The first-order valence-electron chi connectivity index (χ1n) is 9.71. The molecule has 1 N–H and O–H groups in total. The number of amides is 1. The van der Waals surface area contributed by atoms with Crippen molar-refractivity contribution in [3.63, 3.8) is 0 Å². The molecule has 0 spiro atoms. The minimum Gasteiger partial charge on any atom is -0.367 e. The average Bonchev–Trinajstić information content (AvgIpc) is 3.25. The summed E-state index contributed by atoms with van der Waals surface area (Å²) in [6, 6.07) is 5.89. The molecule has 0 radical (unpaired) electrons. The van der Waals surface area contributed by atoms with E-state index in [-0.39, 0.29) is 11.8 Å². The van der Waals surface area contributed by atoms with E-state index in [1.165, 1.54) is 19.3 Å². The number of hydrogen-bond donors (Lipinski definition) is 1. The van der Waals surface area contributed by atoms with Gasteiger partial charge in [0.25, 0.3) is 0 Å². The zero-order chi connectivity index (χ0) is 17.4. The Morgan fingerprint density at radius 2 is 2.00 bits per heavy atom. The summed E-state index contributed by atoms with van der Waals surface area (Å²) in [5.74, 6) is 1.77. The highest BCUT2D eigenvalue weighted by molar-refractivity contribution is 6.31. The van der Waals surface area contributed by atoms with Crippen molar-refractivity contribution in [2.45, 2.75) is 32.6 Å². The van der Waals surface area contributed by atoms with Gasteiger partial charge in [0.05, 0.1) is 11.4 Å². The van der Waals surface area contributed by atoms with Gasteiger partial charge in [-0.1, -0.05) is 24.9 Å². The topological polar surface area (TPSA) is 35.6 Å². The number of benzene rings is 1. The maximum absolute atomic E-state index is 12.9. The molecule has 1 saturated heterocycles. The summed E-state index contributed by atoms with van der Waals surface area (Å²) in [5.41, 5.74) is 1.99. The van der Waals surface area contributed by atoms with Crippen LogP contribution in [0, 0.1) is 17.8 Å². The van der Waals surface area contributed by atoms with Crippen LogP contribution in [-0.2, 0) is 4.79 Å². The first kappa shape index (κ1) is 17.2. The third-order valence-corrected chi connectivity index (χ3v) is 6.69. The molecular weight excluding hydrogens is 334 g/mol. The molecule has 3 fully saturated rings. The van der Waals surface area contributed by atoms with Crippen molar-refractivity contribution in [2.75, 3.05) is 42.9 Å². The van der Waals surface area contributed by atoms with Crippen LogP contribution < -0.4 is 10.2 Å². The summed E-state index contributed by atoms with van der Waals surface area (Å²) >= 11 is 6.23. The second-order valence-corrected chi connectivity index (χ2v) is 8.29. The van der Waals surface area contributed by atoms with E-state index in [2.05, 4.69) is 28.1 Å². The third-order valence-electron chi connectivity index (χ3n) is 6.45. The Morgan fingerprint density at radius 3 is 2.64 bits per heavy atom. The molecule has 2 aliphatic carbocycles. The number of rotatable bonds is 4. The lowest BCUT2D eigenvalue weighted by atomic mass is 9.88. The molecule has 4 nitrogen and oxygen atoms in total. The lowest BCUT2D eigenvalue weighted by Gasteiger charge is -2.36. The SMILES string of the molecule is CCN1CCN(c2ccc(Cl)cc2NC(=O)C2CC3CCC2C3)CC1. The molecule has 1 heterocycles. The molecule has 3 atom stereocenters. The lowest BCUT2D eigenvalue weighted by molar-refractivity contribution is -0.121. The number of halogens is 1. The number of anilines is 2. The molecular formula is C20H28ClN3O. The summed E-state index contributed by atoms with van der Waals surface area (Å²) in [7, 11) is 0. The van der Waals surface area contributed by atoms with Crippen molar-refractivity contribution < 1.29 is 4.79 Å². The predicted molar refractivity (Wildman–Crippen MR) is 103 cm³/mol. The van der Waals surface area contributed by atoms with Crippen molar-refractivity contribution >= 4 is 28.9 Å². The number of nitrogens with zero attached hydrogens (tertiary/aromatic N) is 2. The second kappa shape index (κ2) is 7.16. The Kier molecular flexibility index (Phi) is 4.92. The van der Waals surface area contributed by atoms with Gasteiger partial charge in [-0.05, 0) is 55.8 Å². The normalized spacial score (nSPS) is 29.2. The van der Waals surface area contributed by atoms with Crippen LogP contribution in [0.5, 0.6) is 0 Å². The summed E-state index contributed by atoms with van der Waals surface area (Å²) in [6.07, 6.45) is 4.86. The Hall–Kier alpha value is -1.26. The molecule has 25 heavy (non-hydrogen) atoms. The second-order valence-electron chi connectivity index (χ2n) is 7.85. The number of hydrogen-bond acceptors (Lipinski definition) is 3. The summed E-state index contributed by atoms with van der Waals surface area (Å²) in [5, 5.41) is 3.90. The summed E-state index contributed by atoms with van der Waals surface area (Å²) < 4.78 is 0. The minimum atomic E-state index is 0.197. The Bertz CT molecular complexity index is 642. The monoisotopic (exact) mass is 361 g/mol. The fourth-order valence-corrected chi connectivity index (χ4v) is 5.15. The summed E-state index contributed by atoms with van der Waals surface area (Å²) in [4.78, 5) is 17.7. The zero-order valence-corrected chi connectivity index (χ0v) is 15.8. The van der Waals surface area contributed by atoms with E-state index in [9.17, 15) is 4.79 Å². The fraction of sp³-hybridized carbons (Fsp3) is 0.650.